The van der Waals surface area contributed by atoms with Crippen LogP contribution in [0.15, 0.2) is 66.7 Å². The molecule has 178 valence electrons. The van der Waals surface area contributed by atoms with Crippen LogP contribution in [0.3, 0.4) is 0 Å². The van der Waals surface area contributed by atoms with Gasteiger partial charge in [-0.05, 0) is 35.2 Å². The summed E-state index contributed by atoms with van der Waals surface area (Å²) in [6.45, 7) is 5.24. The van der Waals surface area contributed by atoms with Gasteiger partial charge in [-0.3, -0.25) is 14.9 Å². The summed E-state index contributed by atoms with van der Waals surface area (Å²) in [5.74, 6) is 1.09. The summed E-state index contributed by atoms with van der Waals surface area (Å²) in [5, 5.41) is 11.1. The lowest BCUT2D eigenvalue weighted by molar-refractivity contribution is -0.384. The number of hydrogen-bond donors (Lipinski definition) is 0. The van der Waals surface area contributed by atoms with Gasteiger partial charge in [0.05, 0.1) is 22.6 Å². The third kappa shape index (κ3) is 6.48. The first-order chi connectivity index (χ1) is 16.3. The maximum atomic E-state index is 13.3. The van der Waals surface area contributed by atoms with Crippen LogP contribution in [0.1, 0.15) is 35.3 Å². The van der Waals surface area contributed by atoms with Crippen LogP contribution < -0.4 is 9.47 Å². The van der Waals surface area contributed by atoms with Gasteiger partial charge in [0, 0.05) is 25.2 Å². The van der Waals surface area contributed by atoms with Gasteiger partial charge in [-0.1, -0.05) is 61.8 Å². The maximum Gasteiger partial charge on any atom is 0.270 e. The molecule has 0 bridgehead atoms. The minimum Gasteiger partial charge on any atom is -0.493 e. The highest BCUT2D eigenvalue weighted by Crippen LogP contribution is 2.30. The number of nitro benzene ring substituents is 1. The molecule has 3 aromatic carbocycles. The van der Waals surface area contributed by atoms with Crippen molar-refractivity contribution < 1.29 is 19.2 Å². The smallest absolute Gasteiger partial charge is 0.270 e. The van der Waals surface area contributed by atoms with Gasteiger partial charge in [0.25, 0.3) is 11.6 Å². The van der Waals surface area contributed by atoms with Crippen molar-refractivity contribution in [1.29, 1.82) is 0 Å². The number of rotatable bonds is 10. The van der Waals surface area contributed by atoms with Crippen LogP contribution in [-0.4, -0.2) is 29.4 Å². The fourth-order valence-corrected chi connectivity index (χ4v) is 3.76. The van der Waals surface area contributed by atoms with E-state index in [1.165, 1.54) is 18.2 Å². The van der Waals surface area contributed by atoms with Crippen LogP contribution >= 0.6 is 11.6 Å². The fraction of sp³-hybridized carbons (Fsp3) is 0.269. The molecule has 3 aromatic rings. The number of benzene rings is 3. The minimum atomic E-state index is -0.542. The molecular formula is C26H27ClN2O5. The average Bonchev–Trinajstić information content (AvgIpc) is 2.82. The molecule has 34 heavy (non-hydrogen) atoms. The predicted molar refractivity (Wildman–Crippen MR) is 131 cm³/mol. The van der Waals surface area contributed by atoms with Crippen molar-refractivity contribution in [1.82, 2.24) is 4.90 Å². The second kappa shape index (κ2) is 11.5. The van der Waals surface area contributed by atoms with E-state index in [0.29, 0.717) is 31.2 Å². The van der Waals surface area contributed by atoms with Gasteiger partial charge < -0.3 is 14.4 Å². The molecule has 0 aliphatic rings. The molecule has 0 saturated heterocycles. The van der Waals surface area contributed by atoms with Crippen LogP contribution in [0, 0.1) is 16.0 Å². The Labute approximate surface area is 204 Å². The topological polar surface area (TPSA) is 81.9 Å². The Morgan fingerprint density at radius 2 is 1.76 bits per heavy atom. The quantitative estimate of drug-likeness (QED) is 0.256. The number of halogens is 1. The van der Waals surface area contributed by atoms with Crippen molar-refractivity contribution in [3.63, 3.8) is 0 Å². The van der Waals surface area contributed by atoms with Gasteiger partial charge in [0.1, 0.15) is 6.61 Å². The Morgan fingerprint density at radius 3 is 2.38 bits per heavy atom. The molecule has 0 N–H and O–H groups in total. The van der Waals surface area contributed by atoms with Gasteiger partial charge in [-0.15, -0.1) is 0 Å². The third-order valence-electron chi connectivity index (χ3n) is 5.11. The zero-order valence-corrected chi connectivity index (χ0v) is 20.1. The number of carbonyl (C=O) groups excluding carboxylic acids is 1. The first-order valence-electron chi connectivity index (χ1n) is 10.8. The lowest BCUT2D eigenvalue weighted by Crippen LogP contribution is -2.34. The van der Waals surface area contributed by atoms with Crippen LogP contribution in [-0.2, 0) is 13.2 Å². The predicted octanol–water partition coefficient (Wildman–Crippen LogP) is 6.13. The summed E-state index contributed by atoms with van der Waals surface area (Å²) in [6, 6.07) is 19.3. The van der Waals surface area contributed by atoms with E-state index < -0.39 is 4.92 Å². The molecule has 0 radical (unpaired) electrons. The molecule has 0 spiro atoms. The Hall–Kier alpha value is -3.58. The lowest BCUT2D eigenvalue weighted by atomic mass is 10.1. The van der Waals surface area contributed by atoms with Crippen LogP contribution in [0.4, 0.5) is 5.69 Å². The molecule has 0 aliphatic carbocycles. The molecule has 1 amide bonds. The Kier molecular flexibility index (Phi) is 8.49. The van der Waals surface area contributed by atoms with E-state index in [-0.39, 0.29) is 28.1 Å². The highest BCUT2D eigenvalue weighted by Gasteiger charge is 2.22. The summed E-state index contributed by atoms with van der Waals surface area (Å²) >= 11 is 6.22. The summed E-state index contributed by atoms with van der Waals surface area (Å²) in [7, 11) is 1.57. The van der Waals surface area contributed by atoms with Crippen LogP contribution in [0.25, 0.3) is 0 Å². The number of nitrogens with zero attached hydrogens (tertiary/aromatic N) is 2. The molecule has 0 aromatic heterocycles. The summed E-state index contributed by atoms with van der Waals surface area (Å²) in [4.78, 5) is 25.4. The number of carbonyl (C=O) groups is 1. The van der Waals surface area contributed by atoms with E-state index in [4.69, 9.17) is 21.1 Å². The van der Waals surface area contributed by atoms with Crippen molar-refractivity contribution >= 4 is 23.2 Å². The SMILES string of the molecule is COc1cc(CN(CC(C)C)C(=O)c2ccc([N+](=O)[O-])cc2Cl)ccc1OCc1ccccc1. The molecule has 8 heteroatoms. The number of hydrogen-bond acceptors (Lipinski definition) is 5. The second-order valence-corrected chi connectivity index (χ2v) is 8.67. The number of methoxy groups -OCH3 is 1. The van der Waals surface area contributed by atoms with E-state index >= 15 is 0 Å². The van der Waals surface area contributed by atoms with Crippen molar-refractivity contribution in [2.24, 2.45) is 5.92 Å². The van der Waals surface area contributed by atoms with E-state index in [9.17, 15) is 14.9 Å². The molecule has 0 unspecified atom stereocenters. The van der Waals surface area contributed by atoms with Crippen molar-refractivity contribution in [3.8, 4) is 11.5 Å². The number of nitro groups is 1. The fourth-order valence-electron chi connectivity index (χ4n) is 3.51. The Balaban J connectivity index is 1.80. The largest absolute Gasteiger partial charge is 0.493 e. The second-order valence-electron chi connectivity index (χ2n) is 8.26. The molecule has 0 fully saturated rings. The highest BCUT2D eigenvalue weighted by molar-refractivity contribution is 6.34. The third-order valence-corrected chi connectivity index (χ3v) is 5.42. The molecule has 0 saturated carbocycles. The number of ether oxygens (including phenoxy) is 2. The van der Waals surface area contributed by atoms with Gasteiger partial charge in [-0.2, -0.15) is 0 Å². The van der Waals surface area contributed by atoms with E-state index in [2.05, 4.69) is 0 Å². The first-order valence-corrected chi connectivity index (χ1v) is 11.2. The first kappa shape index (κ1) is 25.1. The molecule has 0 heterocycles. The molecule has 0 atom stereocenters. The molecule has 7 nitrogen and oxygen atoms in total. The van der Waals surface area contributed by atoms with E-state index in [1.54, 1.807) is 12.0 Å². The van der Waals surface area contributed by atoms with Gasteiger partial charge in [0.2, 0.25) is 0 Å². The Bertz CT molecular complexity index is 1150. The summed E-state index contributed by atoms with van der Waals surface area (Å²) in [6.07, 6.45) is 0. The monoisotopic (exact) mass is 482 g/mol. The average molecular weight is 483 g/mol. The summed E-state index contributed by atoms with van der Waals surface area (Å²) < 4.78 is 11.4. The highest BCUT2D eigenvalue weighted by atomic mass is 35.5. The van der Waals surface area contributed by atoms with Crippen LogP contribution in [0.5, 0.6) is 11.5 Å². The lowest BCUT2D eigenvalue weighted by Gasteiger charge is -2.25. The van der Waals surface area contributed by atoms with Gasteiger partial charge in [0.15, 0.2) is 11.5 Å². The number of amides is 1. The van der Waals surface area contributed by atoms with Gasteiger partial charge >= 0.3 is 0 Å². The zero-order valence-electron chi connectivity index (χ0n) is 19.4. The van der Waals surface area contributed by atoms with Crippen LogP contribution in [0.2, 0.25) is 5.02 Å². The number of non-ortho nitro benzene ring substituents is 1. The molecule has 3 rings (SSSR count). The minimum absolute atomic E-state index is 0.0511. The molecule has 0 aliphatic heterocycles. The van der Waals surface area contributed by atoms with E-state index in [1.807, 2.05) is 62.4 Å². The standard InChI is InChI=1S/C26H27ClN2O5/c1-18(2)15-28(26(30)22-11-10-21(29(31)32)14-23(22)27)16-20-9-12-24(25(13-20)33-3)34-17-19-7-5-4-6-8-19/h4-14,18H,15-17H2,1-3H3. The van der Waals surface area contributed by atoms with Gasteiger partial charge in [-0.25, -0.2) is 0 Å². The normalized spacial score (nSPS) is 10.7. The maximum absolute atomic E-state index is 13.3. The zero-order chi connectivity index (χ0) is 24.7. The Morgan fingerprint density at radius 1 is 1.03 bits per heavy atom. The van der Waals surface area contributed by atoms with E-state index in [0.717, 1.165) is 11.1 Å². The van der Waals surface area contributed by atoms with Crippen molar-refractivity contribution in [2.75, 3.05) is 13.7 Å². The van der Waals surface area contributed by atoms with Crippen molar-refractivity contribution in [3.05, 3.63) is 98.6 Å². The summed E-state index contributed by atoms with van der Waals surface area (Å²) in [5.41, 5.74) is 1.97. The van der Waals surface area contributed by atoms with Crippen molar-refractivity contribution in [2.45, 2.75) is 27.0 Å². The molecular weight excluding hydrogens is 456 g/mol.